The van der Waals surface area contributed by atoms with Crippen LogP contribution in [-0.2, 0) is 14.8 Å². The van der Waals surface area contributed by atoms with E-state index in [2.05, 4.69) is 9.97 Å². The molecule has 2 N–H and O–H groups in total. The highest BCUT2D eigenvalue weighted by Gasteiger charge is 2.23. The molecule has 0 aliphatic carbocycles. The van der Waals surface area contributed by atoms with Crippen LogP contribution in [0.2, 0.25) is 0 Å². The number of nitrogens with zero attached hydrogens (tertiary/aromatic N) is 2. The van der Waals surface area contributed by atoms with Crippen molar-refractivity contribution in [3.05, 3.63) is 28.3 Å². The molecule has 1 heterocycles. The van der Waals surface area contributed by atoms with Crippen LogP contribution in [0.4, 0.5) is 5.69 Å². The minimum atomic E-state index is -4.15. The summed E-state index contributed by atoms with van der Waals surface area (Å²) >= 11 is 0. The molecule has 0 fully saturated rings. The molecule has 1 amide bonds. The summed E-state index contributed by atoms with van der Waals surface area (Å²) in [4.78, 5) is 27.0. The van der Waals surface area contributed by atoms with Gasteiger partial charge in [0.05, 0.1) is 10.4 Å². The first kappa shape index (κ1) is 13.0. The van der Waals surface area contributed by atoms with Crippen LogP contribution >= 0.6 is 0 Å². The third kappa shape index (κ3) is 2.38. The van der Waals surface area contributed by atoms with Gasteiger partial charge in [-0.15, -0.1) is 0 Å². The van der Waals surface area contributed by atoms with Gasteiger partial charge in [-0.05, 0) is 6.07 Å². The summed E-state index contributed by atoms with van der Waals surface area (Å²) in [6, 6.07) is 4.05. The van der Waals surface area contributed by atoms with Gasteiger partial charge in [0.15, 0.2) is 5.52 Å². The van der Waals surface area contributed by atoms with Crippen molar-refractivity contribution in [3.8, 4) is 0 Å². The Morgan fingerprint density at radius 1 is 1.47 bits per heavy atom. The Morgan fingerprint density at radius 3 is 2.74 bits per heavy atom. The zero-order chi connectivity index (χ0) is 14.2. The maximum absolute atomic E-state index is 11.7. The third-order valence-electron chi connectivity index (χ3n) is 2.20. The molecule has 0 atom stereocenters. The number of fused-ring (bicyclic) bond motifs is 1. The minimum Gasteiger partial charge on any atom is -0.327 e. The first-order valence-corrected chi connectivity index (χ1v) is 6.46. The summed E-state index contributed by atoms with van der Waals surface area (Å²) in [5.74, 6) is -0.782. The Balaban J connectivity index is 2.63. The second kappa shape index (κ2) is 4.31. The van der Waals surface area contributed by atoms with Crippen molar-refractivity contribution in [1.29, 1.82) is 0 Å². The number of non-ortho nitro benzene ring substituents is 1. The average Bonchev–Trinajstić information content (AvgIpc) is 2.70. The number of aromatic amines is 1. The van der Waals surface area contributed by atoms with E-state index >= 15 is 0 Å². The van der Waals surface area contributed by atoms with Crippen LogP contribution < -0.4 is 4.72 Å². The van der Waals surface area contributed by atoms with Gasteiger partial charge < -0.3 is 4.98 Å². The number of imidazole rings is 1. The molecule has 2 aromatic rings. The summed E-state index contributed by atoms with van der Waals surface area (Å²) < 4.78 is 25.1. The smallest absolute Gasteiger partial charge is 0.297 e. The van der Waals surface area contributed by atoms with Gasteiger partial charge in [0.1, 0.15) is 0 Å². The number of hydrogen-bond donors (Lipinski definition) is 2. The third-order valence-corrected chi connectivity index (χ3v) is 3.46. The summed E-state index contributed by atoms with van der Waals surface area (Å²) in [6.07, 6.45) is 0. The number of aromatic nitrogens is 2. The fraction of sp³-hybridized carbons (Fsp3) is 0.111. The molecule has 0 saturated heterocycles. The van der Waals surface area contributed by atoms with Gasteiger partial charge in [0.25, 0.3) is 15.7 Å². The number of benzene rings is 1. The van der Waals surface area contributed by atoms with Gasteiger partial charge in [-0.2, -0.15) is 8.42 Å². The molecule has 2 rings (SSSR count). The van der Waals surface area contributed by atoms with E-state index in [0.717, 1.165) is 6.92 Å². The molecule has 0 saturated carbocycles. The van der Waals surface area contributed by atoms with Crippen LogP contribution in [0.25, 0.3) is 11.0 Å². The van der Waals surface area contributed by atoms with E-state index in [4.69, 9.17) is 0 Å². The molecule has 0 aliphatic rings. The summed E-state index contributed by atoms with van der Waals surface area (Å²) in [5.41, 5.74) is -0.215. The van der Waals surface area contributed by atoms with Crippen LogP contribution in [0, 0.1) is 10.1 Å². The Labute approximate surface area is 106 Å². The Kier molecular flexibility index (Phi) is 2.94. The maximum atomic E-state index is 11.7. The lowest BCUT2D eigenvalue weighted by Crippen LogP contribution is -2.28. The fourth-order valence-electron chi connectivity index (χ4n) is 1.51. The highest BCUT2D eigenvalue weighted by Crippen LogP contribution is 2.24. The van der Waals surface area contributed by atoms with Crippen LogP contribution in [-0.4, -0.2) is 29.2 Å². The van der Waals surface area contributed by atoms with E-state index in [1.54, 1.807) is 4.72 Å². The van der Waals surface area contributed by atoms with E-state index in [1.807, 2.05) is 0 Å². The largest absolute Gasteiger partial charge is 0.327 e. The molecule has 100 valence electrons. The van der Waals surface area contributed by atoms with Crippen molar-refractivity contribution in [2.45, 2.75) is 12.1 Å². The molecule has 19 heavy (non-hydrogen) atoms. The second-order valence-corrected chi connectivity index (χ2v) is 5.23. The number of nitro groups is 1. The molecule has 0 radical (unpaired) electrons. The predicted molar refractivity (Wildman–Crippen MR) is 63.8 cm³/mol. The van der Waals surface area contributed by atoms with Gasteiger partial charge in [0.2, 0.25) is 11.1 Å². The van der Waals surface area contributed by atoms with Gasteiger partial charge in [-0.25, -0.2) is 9.71 Å². The molecule has 0 aliphatic heterocycles. The maximum Gasteiger partial charge on any atom is 0.297 e. The number of carbonyl (C=O) groups is 1. The summed E-state index contributed by atoms with van der Waals surface area (Å²) in [7, 11) is -4.15. The number of sulfonamides is 1. The standard InChI is InChI=1S/C9H8N4O5S/c1-5(14)12-19(17,18)9-10-6-3-2-4-7(13(15)16)8(6)11-9/h2-4H,1H3,(H,10,11)(H,12,14). The minimum absolute atomic E-state index is 0.0866. The number of rotatable bonds is 3. The number of amides is 1. The van der Waals surface area contributed by atoms with E-state index in [-0.39, 0.29) is 16.7 Å². The van der Waals surface area contributed by atoms with Crippen molar-refractivity contribution in [1.82, 2.24) is 14.7 Å². The number of nitrogens with one attached hydrogen (secondary N) is 2. The van der Waals surface area contributed by atoms with E-state index in [1.165, 1.54) is 18.2 Å². The van der Waals surface area contributed by atoms with E-state index in [9.17, 15) is 23.3 Å². The Morgan fingerprint density at radius 2 is 2.16 bits per heavy atom. The predicted octanol–water partition coefficient (Wildman–Crippen LogP) is 0.296. The van der Waals surface area contributed by atoms with Gasteiger partial charge in [0, 0.05) is 13.0 Å². The number of carbonyl (C=O) groups excluding carboxylic acids is 1. The molecule has 9 nitrogen and oxygen atoms in total. The quantitative estimate of drug-likeness (QED) is 0.614. The average molecular weight is 284 g/mol. The van der Waals surface area contributed by atoms with Gasteiger partial charge in [-0.1, -0.05) is 6.07 Å². The van der Waals surface area contributed by atoms with Crippen LogP contribution in [0.15, 0.2) is 23.4 Å². The zero-order valence-electron chi connectivity index (χ0n) is 9.58. The van der Waals surface area contributed by atoms with Crippen molar-refractivity contribution in [3.63, 3.8) is 0 Å². The fourth-order valence-corrected chi connectivity index (χ4v) is 2.44. The van der Waals surface area contributed by atoms with E-state index in [0.29, 0.717) is 0 Å². The second-order valence-electron chi connectivity index (χ2n) is 3.63. The van der Waals surface area contributed by atoms with E-state index < -0.39 is 26.0 Å². The first-order valence-electron chi connectivity index (χ1n) is 4.98. The normalized spacial score (nSPS) is 11.4. The molecular formula is C9H8N4O5S. The SMILES string of the molecule is CC(=O)NS(=O)(=O)c1nc2c([N+](=O)[O-])cccc2[nH]1. The van der Waals surface area contributed by atoms with Crippen LogP contribution in [0.1, 0.15) is 6.92 Å². The highest BCUT2D eigenvalue weighted by molar-refractivity contribution is 7.89. The molecule has 1 aromatic carbocycles. The first-order chi connectivity index (χ1) is 8.81. The molecule has 10 heteroatoms. The summed E-state index contributed by atoms with van der Waals surface area (Å²) in [6.45, 7) is 1.03. The van der Waals surface area contributed by atoms with Crippen LogP contribution in [0.5, 0.6) is 0 Å². The Bertz CT molecular complexity index is 779. The van der Waals surface area contributed by atoms with Gasteiger partial charge >= 0.3 is 0 Å². The summed E-state index contributed by atoms with van der Waals surface area (Å²) in [5, 5.41) is 10.2. The Hall–Kier alpha value is -2.49. The number of para-hydroxylation sites is 1. The topological polar surface area (TPSA) is 135 Å². The zero-order valence-corrected chi connectivity index (χ0v) is 10.4. The lowest BCUT2D eigenvalue weighted by molar-refractivity contribution is -0.383. The lowest BCUT2D eigenvalue weighted by Gasteiger charge is -1.99. The van der Waals surface area contributed by atoms with Crippen molar-refractivity contribution in [2.24, 2.45) is 0 Å². The van der Waals surface area contributed by atoms with Gasteiger partial charge in [-0.3, -0.25) is 14.9 Å². The number of nitro benzene ring substituents is 1. The number of hydrogen-bond acceptors (Lipinski definition) is 6. The molecule has 1 aromatic heterocycles. The molecular weight excluding hydrogens is 276 g/mol. The molecule has 0 spiro atoms. The molecule has 0 bridgehead atoms. The highest BCUT2D eigenvalue weighted by atomic mass is 32.2. The monoisotopic (exact) mass is 284 g/mol. The molecule has 0 unspecified atom stereocenters. The van der Waals surface area contributed by atoms with Crippen molar-refractivity contribution < 1.29 is 18.1 Å². The van der Waals surface area contributed by atoms with Crippen LogP contribution in [0.3, 0.4) is 0 Å². The van der Waals surface area contributed by atoms with Crippen molar-refractivity contribution in [2.75, 3.05) is 0 Å². The number of H-pyrrole nitrogens is 1. The lowest BCUT2D eigenvalue weighted by atomic mass is 10.3. The van der Waals surface area contributed by atoms with Crippen molar-refractivity contribution >= 4 is 32.7 Å².